The lowest BCUT2D eigenvalue weighted by Crippen LogP contribution is -2.47. The monoisotopic (exact) mass is 417 g/mol. The van der Waals surface area contributed by atoms with E-state index in [-0.39, 0.29) is 5.91 Å². The second-order valence-corrected chi connectivity index (χ2v) is 8.23. The van der Waals surface area contributed by atoms with Crippen LogP contribution in [0.15, 0.2) is 54.6 Å². The van der Waals surface area contributed by atoms with Crippen LogP contribution in [0.25, 0.3) is 10.8 Å². The van der Waals surface area contributed by atoms with Gasteiger partial charge in [-0.05, 0) is 49.3 Å². The molecule has 2 heterocycles. The van der Waals surface area contributed by atoms with Crippen LogP contribution in [-0.2, 0) is 20.1 Å². The van der Waals surface area contributed by atoms with Crippen LogP contribution in [0.5, 0.6) is 5.75 Å². The van der Waals surface area contributed by atoms with Crippen LogP contribution in [0.2, 0.25) is 0 Å². The van der Waals surface area contributed by atoms with Gasteiger partial charge in [-0.3, -0.25) is 4.79 Å². The number of amides is 1. The number of anilines is 1. The summed E-state index contributed by atoms with van der Waals surface area (Å²) in [5, 5.41) is 2.25. The zero-order chi connectivity index (χ0) is 21.4. The fourth-order valence-corrected chi connectivity index (χ4v) is 4.69. The predicted octanol–water partition coefficient (Wildman–Crippen LogP) is 4.86. The van der Waals surface area contributed by atoms with E-state index in [9.17, 15) is 4.79 Å². The maximum Gasteiger partial charge on any atom is 0.292 e. The van der Waals surface area contributed by atoms with Crippen LogP contribution in [0.4, 0.5) is 5.69 Å². The van der Waals surface area contributed by atoms with Gasteiger partial charge in [-0.2, -0.15) is 0 Å². The van der Waals surface area contributed by atoms with Crippen molar-refractivity contribution in [3.63, 3.8) is 0 Å². The molecule has 3 aromatic rings. The molecule has 1 fully saturated rings. The summed E-state index contributed by atoms with van der Waals surface area (Å²) in [5.41, 5.74) is 3.87. The van der Waals surface area contributed by atoms with Gasteiger partial charge in [0.05, 0.1) is 25.5 Å². The molecule has 2 aliphatic rings. The van der Waals surface area contributed by atoms with Crippen molar-refractivity contribution < 1.29 is 19.0 Å². The Morgan fingerprint density at radius 1 is 0.968 bits per heavy atom. The summed E-state index contributed by atoms with van der Waals surface area (Å²) in [6.45, 7) is 6.17. The first kappa shape index (κ1) is 20.0. The van der Waals surface area contributed by atoms with Gasteiger partial charge in [0.15, 0.2) is 0 Å². The average molecular weight is 418 g/mol. The number of ether oxygens (including phenoxy) is 3. The van der Waals surface area contributed by atoms with Gasteiger partial charge >= 0.3 is 0 Å². The number of benzene rings is 3. The number of hydrogen-bond acceptors (Lipinski definition) is 4. The van der Waals surface area contributed by atoms with Crippen molar-refractivity contribution in [1.82, 2.24) is 0 Å². The number of carbonyl (C=O) groups is 1. The molecule has 1 saturated heterocycles. The number of aryl methyl sites for hydroxylation is 2. The topological polar surface area (TPSA) is 48.0 Å². The molecule has 5 rings (SSSR count). The van der Waals surface area contributed by atoms with Crippen LogP contribution in [0.3, 0.4) is 0 Å². The highest BCUT2D eigenvalue weighted by atomic mass is 16.7. The number of hydrogen-bond donors (Lipinski definition) is 0. The Morgan fingerprint density at radius 3 is 2.55 bits per heavy atom. The second kappa shape index (κ2) is 7.98. The summed E-state index contributed by atoms with van der Waals surface area (Å²) in [6.07, 6.45) is 1.51. The zero-order valence-electron chi connectivity index (χ0n) is 18.0. The molecule has 31 heavy (non-hydrogen) atoms. The van der Waals surface area contributed by atoms with Gasteiger partial charge in [0.2, 0.25) is 0 Å². The summed E-state index contributed by atoms with van der Waals surface area (Å²) in [6, 6.07) is 18.4. The molecule has 0 aliphatic carbocycles. The van der Waals surface area contributed by atoms with Crippen LogP contribution in [0.1, 0.15) is 29.5 Å². The Balaban J connectivity index is 1.35. The highest BCUT2D eigenvalue weighted by Crippen LogP contribution is 2.48. The fourth-order valence-electron chi connectivity index (χ4n) is 4.69. The zero-order valence-corrected chi connectivity index (χ0v) is 18.0. The maximum absolute atomic E-state index is 13.5. The Kier molecular flexibility index (Phi) is 5.16. The van der Waals surface area contributed by atoms with E-state index >= 15 is 0 Å². The molecule has 5 heteroatoms. The van der Waals surface area contributed by atoms with E-state index < -0.39 is 5.79 Å². The number of carbonyl (C=O) groups excluding carboxylic acids is 1. The molecule has 2 aliphatic heterocycles. The number of rotatable bonds is 5. The smallest absolute Gasteiger partial charge is 0.292 e. The van der Waals surface area contributed by atoms with Crippen molar-refractivity contribution in [2.75, 3.05) is 31.3 Å². The summed E-state index contributed by atoms with van der Waals surface area (Å²) < 4.78 is 18.1. The molecule has 0 N–H and O–H groups in total. The lowest BCUT2D eigenvalue weighted by molar-refractivity contribution is -0.257. The average Bonchev–Trinajstić information content (AvgIpc) is 3.03. The minimum atomic E-state index is -1.29. The minimum absolute atomic E-state index is 0.121. The molecule has 0 saturated carbocycles. The summed E-state index contributed by atoms with van der Waals surface area (Å²) in [5.74, 6) is -0.543. The number of fused-ring (bicyclic) bond motifs is 3. The van der Waals surface area contributed by atoms with E-state index in [0.717, 1.165) is 45.3 Å². The molecule has 1 amide bonds. The van der Waals surface area contributed by atoms with E-state index in [4.69, 9.17) is 14.2 Å². The fraction of sp³-hybridized carbons (Fsp3) is 0.346. The minimum Gasteiger partial charge on any atom is -0.493 e. The maximum atomic E-state index is 13.5. The lowest BCUT2D eigenvalue weighted by Gasteiger charge is -2.33. The molecule has 0 radical (unpaired) electrons. The van der Waals surface area contributed by atoms with Crippen LogP contribution in [0, 0.1) is 13.8 Å². The second-order valence-electron chi connectivity index (χ2n) is 8.23. The molecule has 160 valence electrons. The molecule has 1 spiro atoms. The van der Waals surface area contributed by atoms with Crippen LogP contribution >= 0.6 is 0 Å². The van der Waals surface area contributed by atoms with Crippen molar-refractivity contribution in [2.24, 2.45) is 0 Å². The van der Waals surface area contributed by atoms with E-state index in [1.807, 2.05) is 49.1 Å². The van der Waals surface area contributed by atoms with Gasteiger partial charge < -0.3 is 19.1 Å². The third-order valence-corrected chi connectivity index (χ3v) is 6.15. The van der Waals surface area contributed by atoms with Crippen molar-refractivity contribution >= 4 is 22.4 Å². The highest BCUT2D eigenvalue weighted by Gasteiger charge is 2.56. The lowest BCUT2D eigenvalue weighted by atomic mass is 9.97. The molecule has 3 aromatic carbocycles. The first-order chi connectivity index (χ1) is 15.1. The van der Waals surface area contributed by atoms with Crippen molar-refractivity contribution in [1.29, 1.82) is 0 Å². The standard InChI is InChI=1S/C26H27NO4/c1-18-12-13-19(2)24-23(18)26(30-16-7-17-31-26)25(28)27(24)14-6-15-29-22-11-5-9-20-8-3-4-10-21(20)22/h3-5,8-13H,6-7,14-17H2,1-2H3. The Labute approximate surface area is 182 Å². The summed E-state index contributed by atoms with van der Waals surface area (Å²) in [4.78, 5) is 15.3. The predicted molar refractivity (Wildman–Crippen MR) is 121 cm³/mol. The van der Waals surface area contributed by atoms with Crippen molar-refractivity contribution in [2.45, 2.75) is 32.5 Å². The highest BCUT2D eigenvalue weighted by molar-refractivity contribution is 6.07. The van der Waals surface area contributed by atoms with Gasteiger partial charge in [0.25, 0.3) is 11.7 Å². The van der Waals surface area contributed by atoms with Gasteiger partial charge in [0, 0.05) is 17.5 Å². The van der Waals surface area contributed by atoms with E-state index in [2.05, 4.69) is 24.3 Å². The first-order valence-corrected chi connectivity index (χ1v) is 10.9. The van der Waals surface area contributed by atoms with E-state index in [1.54, 1.807) is 0 Å². The van der Waals surface area contributed by atoms with Crippen molar-refractivity contribution in [3.8, 4) is 5.75 Å². The molecular weight excluding hydrogens is 390 g/mol. The third kappa shape index (κ3) is 3.29. The summed E-state index contributed by atoms with van der Waals surface area (Å²) >= 11 is 0. The van der Waals surface area contributed by atoms with Gasteiger partial charge in [-0.15, -0.1) is 0 Å². The number of nitrogens with zero attached hydrogens (tertiary/aromatic N) is 1. The Bertz CT molecular complexity index is 1130. The SMILES string of the molecule is Cc1ccc(C)c2c1N(CCCOc1cccc3ccccc13)C(=O)C21OCCCO1. The molecule has 0 bridgehead atoms. The van der Waals surface area contributed by atoms with Gasteiger partial charge in [-0.1, -0.05) is 48.5 Å². The molecule has 0 unspecified atom stereocenters. The van der Waals surface area contributed by atoms with E-state index in [1.165, 1.54) is 0 Å². The van der Waals surface area contributed by atoms with Gasteiger partial charge in [-0.25, -0.2) is 0 Å². The van der Waals surface area contributed by atoms with Crippen molar-refractivity contribution in [3.05, 3.63) is 71.3 Å². The van der Waals surface area contributed by atoms with Gasteiger partial charge in [0.1, 0.15) is 5.75 Å². The molecule has 0 atom stereocenters. The van der Waals surface area contributed by atoms with Crippen LogP contribution in [-0.4, -0.2) is 32.3 Å². The Morgan fingerprint density at radius 2 is 1.71 bits per heavy atom. The van der Waals surface area contributed by atoms with Crippen LogP contribution < -0.4 is 9.64 Å². The molecular formula is C26H27NO4. The normalized spacial score (nSPS) is 17.4. The Hall–Kier alpha value is -2.89. The third-order valence-electron chi connectivity index (χ3n) is 6.15. The first-order valence-electron chi connectivity index (χ1n) is 10.9. The molecule has 0 aromatic heterocycles. The molecule has 5 nitrogen and oxygen atoms in total. The van der Waals surface area contributed by atoms with E-state index in [0.29, 0.717) is 32.8 Å². The largest absolute Gasteiger partial charge is 0.493 e. The summed E-state index contributed by atoms with van der Waals surface area (Å²) in [7, 11) is 0. The quantitative estimate of drug-likeness (QED) is 0.556.